The molecule has 1 aliphatic heterocycles. The minimum absolute atomic E-state index is 0.0549. The first kappa shape index (κ1) is 15.5. The highest BCUT2D eigenvalue weighted by molar-refractivity contribution is 5.26. The normalized spacial score (nSPS) is 33.0. The zero-order valence-electron chi connectivity index (χ0n) is 13.7. The molecule has 0 aliphatic carbocycles. The Morgan fingerprint density at radius 2 is 1.85 bits per heavy atom. The third-order valence-electron chi connectivity index (χ3n) is 5.33. The van der Waals surface area contributed by atoms with Gasteiger partial charge in [-0.3, -0.25) is 4.90 Å². The molecule has 20 heavy (non-hydrogen) atoms. The van der Waals surface area contributed by atoms with Gasteiger partial charge in [-0.2, -0.15) is 0 Å². The molecule has 1 saturated heterocycles. The highest BCUT2D eigenvalue weighted by Crippen LogP contribution is 2.34. The number of rotatable bonds is 4. The van der Waals surface area contributed by atoms with E-state index in [9.17, 15) is 0 Å². The molecule has 3 unspecified atom stereocenters. The van der Waals surface area contributed by atoms with Crippen LogP contribution < -0.4 is 5.32 Å². The van der Waals surface area contributed by atoms with Crippen LogP contribution in [0.4, 0.5) is 0 Å². The lowest BCUT2D eigenvalue weighted by atomic mass is 9.82. The van der Waals surface area contributed by atoms with E-state index in [1.165, 1.54) is 18.4 Å². The molecular weight excluding hydrogens is 244 g/mol. The van der Waals surface area contributed by atoms with Gasteiger partial charge in [0.25, 0.3) is 0 Å². The van der Waals surface area contributed by atoms with E-state index in [-0.39, 0.29) is 11.1 Å². The molecule has 1 fully saturated rings. The van der Waals surface area contributed by atoms with Gasteiger partial charge < -0.3 is 5.32 Å². The van der Waals surface area contributed by atoms with Crippen molar-refractivity contribution in [3.05, 3.63) is 35.9 Å². The molecule has 2 heteroatoms. The summed E-state index contributed by atoms with van der Waals surface area (Å²) in [6.07, 6.45) is 2.40. The molecular formula is C18H30N2. The largest absolute Gasteiger partial charge is 0.305 e. The second-order valence-electron chi connectivity index (χ2n) is 6.79. The Hall–Kier alpha value is -0.860. The van der Waals surface area contributed by atoms with Gasteiger partial charge in [-0.05, 0) is 39.2 Å². The van der Waals surface area contributed by atoms with Crippen molar-refractivity contribution in [2.45, 2.75) is 64.6 Å². The van der Waals surface area contributed by atoms with E-state index >= 15 is 0 Å². The smallest absolute Gasteiger partial charge is 0.0535 e. The van der Waals surface area contributed by atoms with Crippen molar-refractivity contribution in [2.75, 3.05) is 13.1 Å². The lowest BCUT2D eigenvalue weighted by Gasteiger charge is -2.54. The first-order valence-electron chi connectivity index (χ1n) is 8.02. The van der Waals surface area contributed by atoms with Gasteiger partial charge in [-0.15, -0.1) is 0 Å². The Balaban J connectivity index is 2.29. The molecule has 0 aromatic heterocycles. The number of benzene rings is 1. The van der Waals surface area contributed by atoms with Crippen LogP contribution in [-0.2, 0) is 5.54 Å². The molecule has 1 N–H and O–H groups in total. The molecule has 112 valence electrons. The van der Waals surface area contributed by atoms with Crippen LogP contribution in [0.1, 0.15) is 53.0 Å². The summed E-state index contributed by atoms with van der Waals surface area (Å²) in [5, 5.41) is 3.82. The lowest BCUT2D eigenvalue weighted by molar-refractivity contribution is -0.0128. The monoisotopic (exact) mass is 274 g/mol. The van der Waals surface area contributed by atoms with Gasteiger partial charge >= 0.3 is 0 Å². The maximum Gasteiger partial charge on any atom is 0.0535 e. The van der Waals surface area contributed by atoms with E-state index in [0.29, 0.717) is 6.04 Å². The highest BCUT2D eigenvalue weighted by Gasteiger charge is 2.43. The van der Waals surface area contributed by atoms with Gasteiger partial charge in [0.2, 0.25) is 0 Å². The molecule has 0 saturated carbocycles. The van der Waals surface area contributed by atoms with Crippen molar-refractivity contribution in [1.82, 2.24) is 10.2 Å². The molecule has 3 atom stereocenters. The summed E-state index contributed by atoms with van der Waals surface area (Å²) >= 11 is 0. The fourth-order valence-corrected chi connectivity index (χ4v) is 3.31. The Kier molecular flexibility index (Phi) is 4.55. The van der Waals surface area contributed by atoms with Gasteiger partial charge in [-0.25, -0.2) is 0 Å². The third kappa shape index (κ3) is 2.77. The zero-order valence-corrected chi connectivity index (χ0v) is 13.7. The Bertz CT molecular complexity index is 430. The maximum absolute atomic E-state index is 3.82. The first-order valence-corrected chi connectivity index (χ1v) is 8.02. The van der Waals surface area contributed by atoms with E-state index in [4.69, 9.17) is 0 Å². The van der Waals surface area contributed by atoms with Crippen molar-refractivity contribution < 1.29 is 0 Å². The van der Waals surface area contributed by atoms with Gasteiger partial charge in [0.1, 0.15) is 0 Å². The van der Waals surface area contributed by atoms with Crippen LogP contribution in [0.15, 0.2) is 30.3 Å². The predicted molar refractivity (Wildman–Crippen MR) is 87.0 cm³/mol. The van der Waals surface area contributed by atoms with Crippen molar-refractivity contribution in [3.8, 4) is 0 Å². The molecule has 0 bridgehead atoms. The van der Waals surface area contributed by atoms with Crippen LogP contribution in [0, 0.1) is 0 Å². The summed E-state index contributed by atoms with van der Waals surface area (Å²) in [5.74, 6) is 0. The van der Waals surface area contributed by atoms with Crippen molar-refractivity contribution in [3.63, 3.8) is 0 Å². The molecule has 0 spiro atoms. The van der Waals surface area contributed by atoms with Gasteiger partial charge in [0.05, 0.1) is 5.54 Å². The Labute approximate surface area is 124 Å². The molecule has 1 heterocycles. The van der Waals surface area contributed by atoms with Crippen molar-refractivity contribution in [2.24, 2.45) is 0 Å². The summed E-state index contributed by atoms with van der Waals surface area (Å²) < 4.78 is 0. The standard InChI is InChI=1S/C18H30N2/c1-6-15(3)20-14-18(5,16-11-9-8-10-12-16)19-13-17(20,4)7-2/h8-12,15,19H,6-7,13-14H2,1-5H3. The van der Waals surface area contributed by atoms with E-state index in [1.54, 1.807) is 0 Å². The zero-order chi connectivity index (χ0) is 14.8. The van der Waals surface area contributed by atoms with Crippen molar-refractivity contribution in [1.29, 1.82) is 0 Å². The number of nitrogens with one attached hydrogen (secondary N) is 1. The van der Waals surface area contributed by atoms with Crippen LogP contribution in [0.2, 0.25) is 0 Å². The van der Waals surface area contributed by atoms with E-state index in [2.05, 4.69) is 75.2 Å². The maximum atomic E-state index is 3.82. The highest BCUT2D eigenvalue weighted by atomic mass is 15.3. The van der Waals surface area contributed by atoms with Crippen LogP contribution in [0.3, 0.4) is 0 Å². The Morgan fingerprint density at radius 3 is 2.40 bits per heavy atom. The fourth-order valence-electron chi connectivity index (χ4n) is 3.31. The van der Waals surface area contributed by atoms with Gasteiger partial charge in [0.15, 0.2) is 0 Å². The number of piperazine rings is 1. The van der Waals surface area contributed by atoms with Crippen LogP contribution in [-0.4, -0.2) is 29.6 Å². The van der Waals surface area contributed by atoms with Crippen molar-refractivity contribution >= 4 is 0 Å². The quantitative estimate of drug-likeness (QED) is 0.899. The second kappa shape index (κ2) is 5.87. The first-order chi connectivity index (χ1) is 9.45. The molecule has 2 nitrogen and oxygen atoms in total. The average Bonchev–Trinajstić information content (AvgIpc) is 2.50. The number of hydrogen-bond donors (Lipinski definition) is 1. The number of nitrogens with zero attached hydrogens (tertiary/aromatic N) is 1. The minimum Gasteiger partial charge on any atom is -0.305 e. The molecule has 0 amide bonds. The SMILES string of the molecule is CCC(C)N1CC(C)(c2ccccc2)NCC1(C)CC. The average molecular weight is 274 g/mol. The molecule has 1 aliphatic rings. The van der Waals surface area contributed by atoms with Gasteiger partial charge in [0, 0.05) is 24.7 Å². The predicted octanol–water partition coefficient (Wildman–Crippen LogP) is 3.77. The van der Waals surface area contributed by atoms with Crippen LogP contribution in [0.5, 0.6) is 0 Å². The Morgan fingerprint density at radius 1 is 1.20 bits per heavy atom. The second-order valence-corrected chi connectivity index (χ2v) is 6.79. The van der Waals surface area contributed by atoms with Gasteiger partial charge in [-0.1, -0.05) is 44.2 Å². The summed E-state index contributed by atoms with van der Waals surface area (Å²) in [4.78, 5) is 2.72. The molecule has 1 aromatic rings. The van der Waals surface area contributed by atoms with E-state index in [0.717, 1.165) is 13.1 Å². The fraction of sp³-hybridized carbons (Fsp3) is 0.667. The summed E-state index contributed by atoms with van der Waals surface area (Å²) in [7, 11) is 0. The lowest BCUT2D eigenvalue weighted by Crippen LogP contribution is -2.68. The van der Waals surface area contributed by atoms with E-state index < -0.39 is 0 Å². The summed E-state index contributed by atoms with van der Waals surface area (Å²) in [6.45, 7) is 13.8. The summed E-state index contributed by atoms with van der Waals surface area (Å²) in [5.41, 5.74) is 1.72. The van der Waals surface area contributed by atoms with Crippen LogP contribution in [0.25, 0.3) is 0 Å². The molecule has 0 radical (unpaired) electrons. The minimum atomic E-state index is 0.0549. The third-order valence-corrected chi connectivity index (χ3v) is 5.33. The topological polar surface area (TPSA) is 15.3 Å². The summed E-state index contributed by atoms with van der Waals surface area (Å²) in [6, 6.07) is 11.5. The number of hydrogen-bond acceptors (Lipinski definition) is 2. The molecule has 1 aromatic carbocycles. The van der Waals surface area contributed by atoms with E-state index in [1.807, 2.05) is 0 Å². The van der Waals surface area contributed by atoms with Crippen LogP contribution >= 0.6 is 0 Å². The molecule has 2 rings (SSSR count).